The first kappa shape index (κ1) is 16.9. The van der Waals surface area contributed by atoms with Crippen molar-refractivity contribution < 1.29 is 14.4 Å². The fourth-order valence-corrected chi connectivity index (χ4v) is 2.35. The van der Waals surface area contributed by atoms with Crippen molar-refractivity contribution >= 4 is 40.0 Å². The van der Waals surface area contributed by atoms with E-state index in [1.54, 1.807) is 49.4 Å². The van der Waals surface area contributed by atoms with Crippen molar-refractivity contribution in [3.8, 4) is 0 Å². The molecule has 0 unspecified atom stereocenters. The molecule has 128 valence electrons. The lowest BCUT2D eigenvalue weighted by molar-refractivity contribution is -0.127. The summed E-state index contributed by atoms with van der Waals surface area (Å²) < 4.78 is 0. The summed E-state index contributed by atoms with van der Waals surface area (Å²) in [4.78, 5) is 30.2. The van der Waals surface area contributed by atoms with Crippen LogP contribution in [0.15, 0.2) is 42.5 Å². The molecule has 25 heavy (non-hydrogen) atoms. The van der Waals surface area contributed by atoms with E-state index in [9.17, 15) is 9.59 Å². The van der Waals surface area contributed by atoms with Gasteiger partial charge in [-0.25, -0.2) is 0 Å². The van der Waals surface area contributed by atoms with Crippen molar-refractivity contribution in [3.63, 3.8) is 0 Å². The van der Waals surface area contributed by atoms with Gasteiger partial charge in [0.05, 0.1) is 0 Å². The fourth-order valence-electron chi connectivity index (χ4n) is 2.18. The molecule has 1 N–H and O–H groups in total. The van der Waals surface area contributed by atoms with Gasteiger partial charge in [-0.1, -0.05) is 16.4 Å². The van der Waals surface area contributed by atoms with Gasteiger partial charge in [-0.2, -0.15) is 0 Å². The maximum atomic E-state index is 12.3. The largest absolute Gasteiger partial charge is 0.382 e. The second kappa shape index (κ2) is 6.90. The Morgan fingerprint density at radius 3 is 2.60 bits per heavy atom. The SMILES string of the molecule is CC(=O)c1ccc(NC(=O)[C@H](C)On2nnc3ccc(Cl)cc32)cc1. The number of amides is 1. The number of nitrogens with one attached hydrogen (secondary N) is 1. The van der Waals surface area contributed by atoms with Crippen molar-refractivity contribution in [2.24, 2.45) is 0 Å². The molecule has 1 atom stereocenters. The third kappa shape index (κ3) is 3.77. The van der Waals surface area contributed by atoms with Crippen LogP contribution < -0.4 is 10.2 Å². The number of rotatable bonds is 5. The molecule has 1 heterocycles. The van der Waals surface area contributed by atoms with Crippen molar-refractivity contribution in [1.29, 1.82) is 0 Å². The van der Waals surface area contributed by atoms with Gasteiger partial charge >= 0.3 is 0 Å². The highest BCUT2D eigenvalue weighted by molar-refractivity contribution is 6.31. The van der Waals surface area contributed by atoms with Gasteiger partial charge in [-0.05, 0) is 61.5 Å². The number of carbonyl (C=O) groups is 2. The summed E-state index contributed by atoms with van der Waals surface area (Å²) in [5.41, 5.74) is 2.32. The van der Waals surface area contributed by atoms with Crippen LogP contribution in [-0.2, 0) is 4.79 Å². The minimum Gasteiger partial charge on any atom is -0.382 e. The van der Waals surface area contributed by atoms with Gasteiger partial charge in [0.1, 0.15) is 11.0 Å². The van der Waals surface area contributed by atoms with Gasteiger partial charge in [0, 0.05) is 16.3 Å². The first-order chi connectivity index (χ1) is 11.9. The standard InChI is InChI=1S/C17H15ClN4O3/c1-10(23)12-3-6-14(7-4-12)19-17(24)11(2)25-22-16-9-13(18)5-8-15(16)20-21-22/h3-9,11H,1-2H3,(H,19,24)/t11-/m0/s1. The number of benzene rings is 2. The lowest BCUT2D eigenvalue weighted by atomic mass is 10.1. The first-order valence-electron chi connectivity index (χ1n) is 7.54. The summed E-state index contributed by atoms with van der Waals surface area (Å²) in [5.74, 6) is -0.396. The smallest absolute Gasteiger partial charge is 0.267 e. The molecule has 0 spiro atoms. The first-order valence-corrected chi connectivity index (χ1v) is 7.92. The molecule has 0 saturated heterocycles. The lowest BCUT2D eigenvalue weighted by Crippen LogP contribution is -2.35. The molecule has 3 aromatic rings. The lowest BCUT2D eigenvalue weighted by Gasteiger charge is -2.14. The molecule has 0 aliphatic carbocycles. The fraction of sp³-hybridized carbons (Fsp3) is 0.176. The summed E-state index contributed by atoms with van der Waals surface area (Å²) in [7, 11) is 0. The van der Waals surface area contributed by atoms with Crippen LogP contribution in [-0.4, -0.2) is 33.0 Å². The maximum absolute atomic E-state index is 12.3. The van der Waals surface area contributed by atoms with Crippen molar-refractivity contribution in [3.05, 3.63) is 53.1 Å². The van der Waals surface area contributed by atoms with E-state index >= 15 is 0 Å². The Bertz CT molecular complexity index is 937. The third-order valence-corrected chi connectivity index (χ3v) is 3.80. The summed E-state index contributed by atoms with van der Waals surface area (Å²) in [6, 6.07) is 11.7. The number of halogens is 1. The molecule has 0 bridgehead atoms. The molecule has 0 fully saturated rings. The molecule has 0 aliphatic heterocycles. The van der Waals surface area contributed by atoms with Crippen LogP contribution in [0, 0.1) is 0 Å². The maximum Gasteiger partial charge on any atom is 0.267 e. The van der Waals surface area contributed by atoms with Crippen molar-refractivity contribution in [1.82, 2.24) is 15.2 Å². The van der Waals surface area contributed by atoms with Crippen LogP contribution in [0.5, 0.6) is 0 Å². The number of aromatic nitrogens is 3. The highest BCUT2D eigenvalue weighted by Crippen LogP contribution is 2.17. The predicted molar refractivity (Wildman–Crippen MR) is 93.7 cm³/mol. The molecule has 3 rings (SSSR count). The van der Waals surface area contributed by atoms with Crippen LogP contribution in [0.25, 0.3) is 11.0 Å². The minimum absolute atomic E-state index is 0.0358. The second-order valence-corrected chi connectivity index (χ2v) is 5.90. The van der Waals surface area contributed by atoms with Gasteiger partial charge in [0.15, 0.2) is 5.78 Å². The highest BCUT2D eigenvalue weighted by atomic mass is 35.5. The van der Waals surface area contributed by atoms with Gasteiger partial charge in [-0.15, -0.1) is 5.10 Å². The number of ketones is 1. The number of anilines is 1. The molecule has 8 heteroatoms. The normalized spacial score (nSPS) is 12.0. The molecule has 1 aromatic heterocycles. The zero-order valence-electron chi connectivity index (χ0n) is 13.6. The Balaban J connectivity index is 1.69. The van der Waals surface area contributed by atoms with Crippen molar-refractivity contribution in [2.75, 3.05) is 5.32 Å². The van der Waals surface area contributed by atoms with Crippen LogP contribution in [0.2, 0.25) is 5.02 Å². The number of fused-ring (bicyclic) bond motifs is 1. The Kier molecular flexibility index (Phi) is 4.67. The van der Waals surface area contributed by atoms with E-state index in [1.807, 2.05) is 0 Å². The molecule has 0 radical (unpaired) electrons. The average Bonchev–Trinajstić information content (AvgIpc) is 2.97. The average molecular weight is 359 g/mol. The molecule has 2 aromatic carbocycles. The molecule has 1 amide bonds. The van der Waals surface area contributed by atoms with Gasteiger partial charge in [-0.3, -0.25) is 9.59 Å². The minimum atomic E-state index is -0.823. The summed E-state index contributed by atoms with van der Waals surface area (Å²) in [6.07, 6.45) is -0.823. The van der Waals surface area contributed by atoms with E-state index in [2.05, 4.69) is 15.6 Å². The number of nitrogens with zero attached hydrogens (tertiary/aromatic N) is 3. The van der Waals surface area contributed by atoms with E-state index in [-0.39, 0.29) is 11.7 Å². The Morgan fingerprint density at radius 1 is 1.20 bits per heavy atom. The Morgan fingerprint density at radius 2 is 1.92 bits per heavy atom. The molecule has 0 aliphatic rings. The Hall–Kier alpha value is -2.93. The van der Waals surface area contributed by atoms with Crippen LogP contribution in [0.1, 0.15) is 24.2 Å². The molecular weight excluding hydrogens is 344 g/mol. The highest BCUT2D eigenvalue weighted by Gasteiger charge is 2.17. The van der Waals surface area contributed by atoms with Crippen LogP contribution in [0.4, 0.5) is 5.69 Å². The number of hydrogen-bond acceptors (Lipinski definition) is 5. The summed E-state index contributed by atoms with van der Waals surface area (Å²) in [5, 5.41) is 11.0. The number of hydrogen-bond donors (Lipinski definition) is 1. The molecular formula is C17H15ClN4O3. The van der Waals surface area contributed by atoms with Crippen LogP contribution in [0.3, 0.4) is 0 Å². The van der Waals surface area contributed by atoms with Crippen LogP contribution >= 0.6 is 11.6 Å². The number of Topliss-reactive ketones (excluding diaryl/α,β-unsaturated/α-hetero) is 1. The van der Waals surface area contributed by atoms with E-state index in [1.165, 1.54) is 11.8 Å². The second-order valence-electron chi connectivity index (χ2n) is 5.47. The topological polar surface area (TPSA) is 86.1 Å². The molecule has 7 nitrogen and oxygen atoms in total. The zero-order valence-corrected chi connectivity index (χ0v) is 14.3. The zero-order chi connectivity index (χ0) is 18.0. The predicted octanol–water partition coefficient (Wildman–Crippen LogP) is 2.74. The monoisotopic (exact) mass is 358 g/mol. The van der Waals surface area contributed by atoms with Gasteiger partial charge in [0.2, 0.25) is 6.10 Å². The summed E-state index contributed by atoms with van der Waals surface area (Å²) in [6.45, 7) is 3.08. The van der Waals surface area contributed by atoms with E-state index in [0.29, 0.717) is 27.3 Å². The van der Waals surface area contributed by atoms with Crippen molar-refractivity contribution in [2.45, 2.75) is 20.0 Å². The third-order valence-electron chi connectivity index (χ3n) is 3.56. The van der Waals surface area contributed by atoms with E-state index < -0.39 is 6.10 Å². The number of carbonyl (C=O) groups excluding carboxylic acids is 2. The van der Waals surface area contributed by atoms with E-state index in [0.717, 1.165) is 0 Å². The van der Waals surface area contributed by atoms with E-state index in [4.69, 9.17) is 16.4 Å². The quantitative estimate of drug-likeness (QED) is 0.709. The summed E-state index contributed by atoms with van der Waals surface area (Å²) >= 11 is 5.96. The van der Waals surface area contributed by atoms with Gasteiger partial charge in [0.25, 0.3) is 5.91 Å². The molecule has 0 saturated carbocycles. The Labute approximate surface area is 148 Å². The van der Waals surface area contributed by atoms with Gasteiger partial charge < -0.3 is 10.2 Å².